The van der Waals surface area contributed by atoms with E-state index in [1.807, 2.05) is 13.8 Å². The highest BCUT2D eigenvalue weighted by Gasteiger charge is 2.35. The van der Waals surface area contributed by atoms with Crippen LogP contribution in [0, 0.1) is 5.92 Å². The Labute approximate surface area is 136 Å². The van der Waals surface area contributed by atoms with E-state index in [1.54, 1.807) is 24.1 Å². The van der Waals surface area contributed by atoms with Crippen LogP contribution in [0.1, 0.15) is 20.3 Å². The lowest BCUT2D eigenvalue weighted by atomic mass is 10.1. The number of methoxy groups -OCH3 is 1. The first-order chi connectivity index (χ1) is 11.0. The number of aromatic nitrogens is 1. The average molecular weight is 321 g/mol. The molecule has 0 spiro atoms. The fourth-order valence-corrected chi connectivity index (χ4v) is 2.42. The number of carbonyl (C=O) groups is 2. The summed E-state index contributed by atoms with van der Waals surface area (Å²) in [5.74, 6) is 0.0288. The van der Waals surface area contributed by atoms with Gasteiger partial charge in [-0.1, -0.05) is 0 Å². The molecule has 0 saturated carbocycles. The predicted octanol–water partition coefficient (Wildman–Crippen LogP) is 1.30. The molecule has 7 heteroatoms. The minimum absolute atomic E-state index is 0.0279. The van der Waals surface area contributed by atoms with Crippen LogP contribution in [0.15, 0.2) is 18.3 Å². The molecule has 1 N–H and O–H groups in total. The lowest BCUT2D eigenvalue weighted by molar-refractivity contribution is -0.129. The average Bonchev–Trinajstić information content (AvgIpc) is 2.91. The number of likely N-dealkylation sites (tertiary alicyclic amines) is 1. The van der Waals surface area contributed by atoms with E-state index in [-0.39, 0.29) is 30.2 Å². The third-order valence-corrected chi connectivity index (χ3v) is 3.69. The third-order valence-electron chi connectivity index (χ3n) is 3.69. The van der Waals surface area contributed by atoms with Crippen LogP contribution in [-0.4, -0.2) is 54.6 Å². The standard InChI is InChI=1S/C16H23N3O4/c1-11(2)19-10-12(8-15(19)20)16(21)18-13-4-5-14(17-9-13)23-7-6-22-3/h4-5,9,11-12H,6-8,10H2,1-3H3,(H,18,21)/t12-/m0/s1. The second kappa shape index (κ2) is 7.92. The van der Waals surface area contributed by atoms with Crippen LogP contribution in [-0.2, 0) is 14.3 Å². The van der Waals surface area contributed by atoms with Crippen LogP contribution in [0.25, 0.3) is 0 Å². The summed E-state index contributed by atoms with van der Waals surface area (Å²) in [6, 6.07) is 3.53. The van der Waals surface area contributed by atoms with Crippen LogP contribution in [0.5, 0.6) is 5.88 Å². The van der Waals surface area contributed by atoms with Gasteiger partial charge in [-0.2, -0.15) is 0 Å². The van der Waals surface area contributed by atoms with Gasteiger partial charge in [0.25, 0.3) is 0 Å². The summed E-state index contributed by atoms with van der Waals surface area (Å²) in [4.78, 5) is 30.0. The summed E-state index contributed by atoms with van der Waals surface area (Å²) in [7, 11) is 1.60. The van der Waals surface area contributed by atoms with Gasteiger partial charge in [-0.15, -0.1) is 0 Å². The minimum Gasteiger partial charge on any atom is -0.475 e. The van der Waals surface area contributed by atoms with Gasteiger partial charge in [0, 0.05) is 32.2 Å². The number of amides is 2. The van der Waals surface area contributed by atoms with Gasteiger partial charge < -0.3 is 19.7 Å². The van der Waals surface area contributed by atoms with Gasteiger partial charge in [0.2, 0.25) is 17.7 Å². The van der Waals surface area contributed by atoms with E-state index < -0.39 is 0 Å². The maximum atomic E-state index is 12.3. The number of nitrogens with zero attached hydrogens (tertiary/aromatic N) is 2. The minimum atomic E-state index is -0.317. The Hall–Kier alpha value is -2.15. The number of pyridine rings is 1. The predicted molar refractivity (Wildman–Crippen MR) is 85.2 cm³/mol. The van der Waals surface area contributed by atoms with Crippen molar-refractivity contribution < 1.29 is 19.1 Å². The van der Waals surface area contributed by atoms with Gasteiger partial charge in [-0.3, -0.25) is 9.59 Å². The van der Waals surface area contributed by atoms with E-state index in [0.717, 1.165) is 0 Å². The van der Waals surface area contributed by atoms with Crippen molar-refractivity contribution in [1.82, 2.24) is 9.88 Å². The first kappa shape index (κ1) is 17.2. The van der Waals surface area contributed by atoms with Crippen molar-refractivity contribution in [2.75, 3.05) is 32.2 Å². The lowest BCUT2D eigenvalue weighted by Crippen LogP contribution is -2.33. The molecule has 1 aromatic heterocycles. The quantitative estimate of drug-likeness (QED) is 0.766. The molecule has 1 aromatic rings. The number of rotatable bonds is 7. The molecule has 0 bridgehead atoms. The zero-order valence-electron chi connectivity index (χ0n) is 13.7. The smallest absolute Gasteiger partial charge is 0.229 e. The topological polar surface area (TPSA) is 80.8 Å². The number of anilines is 1. The Kier molecular flexibility index (Phi) is 5.92. The van der Waals surface area contributed by atoms with Gasteiger partial charge in [0.05, 0.1) is 24.4 Å². The Morgan fingerprint density at radius 2 is 2.22 bits per heavy atom. The molecule has 23 heavy (non-hydrogen) atoms. The van der Waals surface area contributed by atoms with Crippen molar-refractivity contribution in [3.63, 3.8) is 0 Å². The van der Waals surface area contributed by atoms with Crippen molar-refractivity contribution in [3.8, 4) is 5.88 Å². The zero-order chi connectivity index (χ0) is 16.8. The van der Waals surface area contributed by atoms with Gasteiger partial charge in [-0.25, -0.2) is 4.98 Å². The highest BCUT2D eigenvalue weighted by atomic mass is 16.5. The molecular formula is C16H23N3O4. The van der Waals surface area contributed by atoms with Gasteiger partial charge in [0.15, 0.2) is 0 Å². The van der Waals surface area contributed by atoms with E-state index in [0.29, 0.717) is 31.3 Å². The zero-order valence-corrected chi connectivity index (χ0v) is 13.7. The molecule has 7 nitrogen and oxygen atoms in total. The number of ether oxygens (including phenoxy) is 2. The maximum absolute atomic E-state index is 12.3. The molecule has 0 aliphatic carbocycles. The van der Waals surface area contributed by atoms with E-state index in [4.69, 9.17) is 9.47 Å². The van der Waals surface area contributed by atoms with E-state index in [1.165, 1.54) is 6.20 Å². The SMILES string of the molecule is COCCOc1ccc(NC(=O)[C@H]2CC(=O)N(C(C)C)C2)cn1. The molecule has 1 atom stereocenters. The second-order valence-electron chi connectivity index (χ2n) is 5.76. The van der Waals surface area contributed by atoms with Crippen molar-refractivity contribution in [3.05, 3.63) is 18.3 Å². The van der Waals surface area contributed by atoms with E-state index in [9.17, 15) is 9.59 Å². The maximum Gasteiger partial charge on any atom is 0.229 e. The molecule has 2 heterocycles. The highest BCUT2D eigenvalue weighted by molar-refractivity contribution is 5.97. The third kappa shape index (κ3) is 4.66. The number of hydrogen-bond donors (Lipinski definition) is 1. The Balaban J connectivity index is 1.87. The van der Waals surface area contributed by atoms with Crippen LogP contribution >= 0.6 is 0 Å². The largest absolute Gasteiger partial charge is 0.475 e. The first-order valence-electron chi connectivity index (χ1n) is 7.69. The second-order valence-corrected chi connectivity index (χ2v) is 5.76. The summed E-state index contributed by atoms with van der Waals surface area (Å²) < 4.78 is 10.3. The van der Waals surface area contributed by atoms with E-state index >= 15 is 0 Å². The van der Waals surface area contributed by atoms with Crippen molar-refractivity contribution in [2.45, 2.75) is 26.3 Å². The molecule has 0 radical (unpaired) electrons. The van der Waals surface area contributed by atoms with Crippen molar-refractivity contribution >= 4 is 17.5 Å². The molecule has 1 aliphatic rings. The lowest BCUT2D eigenvalue weighted by Gasteiger charge is -2.20. The summed E-state index contributed by atoms with van der Waals surface area (Å²) in [6.45, 7) is 5.27. The number of hydrogen-bond acceptors (Lipinski definition) is 5. The number of nitrogens with one attached hydrogen (secondary N) is 1. The van der Waals surface area contributed by atoms with Crippen molar-refractivity contribution in [2.24, 2.45) is 5.92 Å². The molecular weight excluding hydrogens is 298 g/mol. The summed E-state index contributed by atoms with van der Waals surface area (Å²) in [5, 5.41) is 2.80. The van der Waals surface area contributed by atoms with Crippen LogP contribution in [0.2, 0.25) is 0 Å². The Bertz CT molecular complexity index is 545. The fourth-order valence-electron chi connectivity index (χ4n) is 2.42. The number of carbonyl (C=O) groups excluding carboxylic acids is 2. The summed E-state index contributed by atoms with van der Waals surface area (Å²) in [5.41, 5.74) is 0.588. The van der Waals surface area contributed by atoms with E-state index in [2.05, 4.69) is 10.3 Å². The molecule has 2 rings (SSSR count). The van der Waals surface area contributed by atoms with Crippen molar-refractivity contribution in [1.29, 1.82) is 0 Å². The first-order valence-corrected chi connectivity index (χ1v) is 7.69. The highest BCUT2D eigenvalue weighted by Crippen LogP contribution is 2.22. The van der Waals surface area contributed by atoms with Gasteiger partial charge in [-0.05, 0) is 19.9 Å². The molecule has 126 valence electrons. The van der Waals surface area contributed by atoms with Crippen LogP contribution < -0.4 is 10.1 Å². The summed E-state index contributed by atoms with van der Waals surface area (Å²) >= 11 is 0. The Morgan fingerprint density at radius 1 is 1.43 bits per heavy atom. The van der Waals surface area contributed by atoms with Crippen LogP contribution in [0.3, 0.4) is 0 Å². The Morgan fingerprint density at radius 3 is 2.78 bits per heavy atom. The summed E-state index contributed by atoms with van der Waals surface area (Å²) in [6.07, 6.45) is 1.80. The monoisotopic (exact) mass is 321 g/mol. The normalized spacial score (nSPS) is 17.7. The fraction of sp³-hybridized carbons (Fsp3) is 0.562. The molecule has 1 aliphatic heterocycles. The molecule has 2 amide bonds. The van der Waals surface area contributed by atoms with Crippen LogP contribution in [0.4, 0.5) is 5.69 Å². The molecule has 1 saturated heterocycles. The molecule has 0 aromatic carbocycles. The molecule has 0 unspecified atom stereocenters. The molecule has 1 fully saturated rings. The van der Waals surface area contributed by atoms with Gasteiger partial charge in [0.1, 0.15) is 6.61 Å². The van der Waals surface area contributed by atoms with Gasteiger partial charge >= 0.3 is 0 Å².